The summed E-state index contributed by atoms with van der Waals surface area (Å²) in [6.07, 6.45) is 13.0. The fraction of sp³-hybridized carbons (Fsp3) is 0.333. The van der Waals surface area contributed by atoms with E-state index in [1.54, 1.807) is 18.6 Å². The Hall–Kier alpha value is -2.80. The molecule has 25 heavy (non-hydrogen) atoms. The maximum absolute atomic E-state index is 4.41. The van der Waals surface area contributed by atoms with Crippen molar-refractivity contribution in [2.75, 3.05) is 11.9 Å². The number of anilines is 2. The molecule has 0 bridgehead atoms. The minimum Gasteiger partial charge on any atom is -0.337 e. The Labute approximate surface area is 146 Å². The van der Waals surface area contributed by atoms with Gasteiger partial charge in [0.25, 0.3) is 0 Å². The second-order valence-electron chi connectivity index (χ2n) is 6.31. The van der Waals surface area contributed by atoms with Crippen LogP contribution in [0.1, 0.15) is 30.1 Å². The van der Waals surface area contributed by atoms with Crippen LogP contribution < -0.4 is 5.32 Å². The lowest BCUT2D eigenvalue weighted by molar-refractivity contribution is 0.243. The second kappa shape index (κ2) is 6.98. The van der Waals surface area contributed by atoms with Crippen molar-refractivity contribution < 1.29 is 0 Å². The molecule has 0 amide bonds. The third kappa shape index (κ3) is 3.51. The quantitative estimate of drug-likeness (QED) is 0.773. The number of hydrogen-bond acceptors (Lipinski definition) is 6. The first-order chi connectivity index (χ1) is 12.3. The van der Waals surface area contributed by atoms with Crippen LogP contribution in [0.3, 0.4) is 0 Å². The lowest BCUT2D eigenvalue weighted by Crippen LogP contribution is -2.24. The third-order valence-corrected chi connectivity index (χ3v) is 4.63. The molecule has 0 aromatic carbocycles. The number of imidazole rings is 1. The summed E-state index contributed by atoms with van der Waals surface area (Å²) >= 11 is 0. The number of hydrogen-bond donors (Lipinski definition) is 1. The van der Waals surface area contributed by atoms with Crippen LogP contribution in [0.5, 0.6) is 0 Å². The van der Waals surface area contributed by atoms with E-state index in [1.807, 2.05) is 25.8 Å². The molecule has 0 unspecified atom stereocenters. The van der Waals surface area contributed by atoms with Gasteiger partial charge in [0.15, 0.2) is 0 Å². The van der Waals surface area contributed by atoms with Gasteiger partial charge in [-0.2, -0.15) is 0 Å². The molecular weight excluding hydrogens is 314 g/mol. The Morgan fingerprint density at radius 3 is 2.84 bits per heavy atom. The smallest absolute Gasteiger partial charge is 0.150 e. The maximum Gasteiger partial charge on any atom is 0.150 e. The Kier molecular flexibility index (Phi) is 4.39. The van der Waals surface area contributed by atoms with Crippen LogP contribution in [-0.2, 0) is 13.6 Å². The molecule has 0 aliphatic carbocycles. The molecule has 1 atom stereocenters. The Morgan fingerprint density at radius 1 is 1.12 bits per heavy atom. The lowest BCUT2D eigenvalue weighted by Gasteiger charge is -2.25. The highest BCUT2D eigenvalue weighted by Crippen LogP contribution is 2.33. The first-order valence-corrected chi connectivity index (χ1v) is 8.48. The first-order valence-electron chi connectivity index (χ1n) is 8.48. The highest BCUT2D eigenvalue weighted by atomic mass is 15.2. The Balaban J connectivity index is 1.52. The van der Waals surface area contributed by atoms with Gasteiger partial charge in [-0.05, 0) is 37.1 Å². The molecule has 1 fully saturated rings. The molecule has 1 saturated heterocycles. The normalized spacial score (nSPS) is 17.7. The minimum atomic E-state index is 0.403. The van der Waals surface area contributed by atoms with Crippen molar-refractivity contribution in [1.29, 1.82) is 0 Å². The Morgan fingerprint density at radius 2 is 2.04 bits per heavy atom. The molecule has 128 valence electrons. The zero-order chi connectivity index (χ0) is 17.1. The molecule has 7 nitrogen and oxygen atoms in total. The number of nitrogens with zero attached hydrogens (tertiary/aromatic N) is 6. The van der Waals surface area contributed by atoms with Crippen molar-refractivity contribution in [1.82, 2.24) is 29.4 Å². The molecule has 1 aliphatic rings. The summed E-state index contributed by atoms with van der Waals surface area (Å²) in [7, 11) is 2.04. The number of aryl methyl sites for hydroxylation is 1. The average molecular weight is 335 g/mol. The van der Waals surface area contributed by atoms with Gasteiger partial charge < -0.3 is 9.88 Å². The summed E-state index contributed by atoms with van der Waals surface area (Å²) in [6, 6.07) is 4.62. The molecule has 0 spiro atoms. The standard InChI is InChI=1S/C18H21N7/c1-24-13-20-10-15(24)12-25-8-2-3-16(25)14-4-5-21-17(9-14)23-18-11-19-6-7-22-18/h4-7,9-11,13,16H,2-3,8,12H2,1H3,(H,21,22,23)/t16-/m0/s1. The molecule has 1 aliphatic heterocycles. The van der Waals surface area contributed by atoms with Gasteiger partial charge in [0.1, 0.15) is 11.6 Å². The number of nitrogens with one attached hydrogen (secondary N) is 1. The van der Waals surface area contributed by atoms with Gasteiger partial charge in [0.2, 0.25) is 0 Å². The summed E-state index contributed by atoms with van der Waals surface area (Å²) in [6.45, 7) is 2.02. The van der Waals surface area contributed by atoms with Crippen LogP contribution in [0.2, 0.25) is 0 Å². The fourth-order valence-electron chi connectivity index (χ4n) is 3.36. The predicted molar refractivity (Wildman–Crippen MR) is 95.1 cm³/mol. The molecule has 3 aromatic heterocycles. The van der Waals surface area contributed by atoms with Crippen LogP contribution in [-0.4, -0.2) is 35.9 Å². The van der Waals surface area contributed by atoms with Crippen molar-refractivity contribution >= 4 is 11.6 Å². The van der Waals surface area contributed by atoms with E-state index in [4.69, 9.17) is 0 Å². The van der Waals surface area contributed by atoms with Crippen molar-refractivity contribution in [3.05, 3.63) is 60.7 Å². The Bertz CT molecular complexity index is 830. The molecular formula is C18H21N7. The lowest BCUT2D eigenvalue weighted by atomic mass is 10.1. The zero-order valence-electron chi connectivity index (χ0n) is 14.2. The van der Waals surface area contributed by atoms with Gasteiger partial charge in [-0.1, -0.05) is 0 Å². The minimum absolute atomic E-state index is 0.403. The molecule has 4 rings (SSSR count). The van der Waals surface area contributed by atoms with Crippen molar-refractivity contribution in [3.8, 4) is 0 Å². The van der Waals surface area contributed by atoms with Crippen LogP contribution in [0.4, 0.5) is 11.6 Å². The third-order valence-electron chi connectivity index (χ3n) is 4.63. The van der Waals surface area contributed by atoms with Gasteiger partial charge in [-0.25, -0.2) is 15.0 Å². The van der Waals surface area contributed by atoms with E-state index in [1.165, 1.54) is 17.7 Å². The highest BCUT2D eigenvalue weighted by Gasteiger charge is 2.26. The van der Waals surface area contributed by atoms with Gasteiger partial charge in [0, 0.05) is 44.4 Å². The fourth-order valence-corrected chi connectivity index (χ4v) is 3.36. The van der Waals surface area contributed by atoms with Crippen LogP contribution in [0.25, 0.3) is 0 Å². The van der Waals surface area contributed by atoms with Crippen LogP contribution >= 0.6 is 0 Å². The maximum atomic E-state index is 4.41. The molecule has 0 radical (unpaired) electrons. The highest BCUT2D eigenvalue weighted by molar-refractivity contribution is 5.51. The predicted octanol–water partition coefficient (Wildman–Crippen LogP) is 2.69. The average Bonchev–Trinajstić information content (AvgIpc) is 3.26. The monoisotopic (exact) mass is 335 g/mol. The van der Waals surface area contributed by atoms with E-state index < -0.39 is 0 Å². The number of pyridine rings is 1. The van der Waals surface area contributed by atoms with E-state index >= 15 is 0 Å². The summed E-state index contributed by atoms with van der Waals surface area (Å²) in [5.41, 5.74) is 2.51. The van der Waals surface area contributed by atoms with E-state index in [0.29, 0.717) is 11.9 Å². The molecule has 4 heterocycles. The number of likely N-dealkylation sites (tertiary alicyclic amines) is 1. The molecule has 1 N–H and O–H groups in total. The summed E-state index contributed by atoms with van der Waals surface area (Å²) in [5.74, 6) is 1.50. The molecule has 3 aromatic rings. The van der Waals surface area contributed by atoms with Gasteiger partial charge >= 0.3 is 0 Å². The number of rotatable bonds is 5. The van der Waals surface area contributed by atoms with Crippen molar-refractivity contribution in [2.45, 2.75) is 25.4 Å². The molecule has 0 saturated carbocycles. The topological polar surface area (TPSA) is 71.8 Å². The van der Waals surface area contributed by atoms with E-state index in [2.05, 4.69) is 46.9 Å². The van der Waals surface area contributed by atoms with E-state index in [-0.39, 0.29) is 0 Å². The van der Waals surface area contributed by atoms with Crippen LogP contribution in [0, 0.1) is 0 Å². The van der Waals surface area contributed by atoms with E-state index in [0.717, 1.165) is 25.3 Å². The largest absolute Gasteiger partial charge is 0.337 e. The second-order valence-corrected chi connectivity index (χ2v) is 6.31. The summed E-state index contributed by atoms with van der Waals surface area (Å²) in [5, 5.41) is 3.22. The van der Waals surface area contributed by atoms with Gasteiger partial charge in [0.05, 0.1) is 18.2 Å². The van der Waals surface area contributed by atoms with Crippen molar-refractivity contribution in [3.63, 3.8) is 0 Å². The summed E-state index contributed by atoms with van der Waals surface area (Å²) in [4.78, 5) is 19.5. The zero-order valence-corrected chi connectivity index (χ0v) is 14.2. The molecule has 7 heteroatoms. The SMILES string of the molecule is Cn1cncc1CN1CCC[C@H]1c1ccnc(Nc2cnccn2)c1. The first kappa shape index (κ1) is 15.7. The summed E-state index contributed by atoms with van der Waals surface area (Å²) < 4.78 is 2.09. The van der Waals surface area contributed by atoms with Crippen molar-refractivity contribution in [2.24, 2.45) is 7.05 Å². The van der Waals surface area contributed by atoms with Gasteiger partial charge in [-0.15, -0.1) is 0 Å². The number of aromatic nitrogens is 5. The van der Waals surface area contributed by atoms with E-state index in [9.17, 15) is 0 Å². The van der Waals surface area contributed by atoms with Crippen LogP contribution in [0.15, 0.2) is 49.4 Å². The van der Waals surface area contributed by atoms with Gasteiger partial charge in [-0.3, -0.25) is 9.88 Å².